The SMILES string of the molecule is CC(C)OC(=O)C1=C(N)Oc2c(c(=O)sc3ccccc23)[C@@H]1c1cccc(F)c1. The summed E-state index contributed by atoms with van der Waals surface area (Å²) in [5, 5.41) is 0.702. The maximum absolute atomic E-state index is 14.0. The lowest BCUT2D eigenvalue weighted by atomic mass is 9.83. The lowest BCUT2D eigenvalue weighted by Crippen LogP contribution is -2.31. The normalized spacial score (nSPS) is 15.9. The van der Waals surface area contributed by atoms with Crippen molar-refractivity contribution >= 4 is 27.4 Å². The number of hydrogen-bond acceptors (Lipinski definition) is 6. The summed E-state index contributed by atoms with van der Waals surface area (Å²) in [5.41, 5.74) is 6.82. The number of carbonyl (C=O) groups excluding carboxylic acids is 1. The molecule has 0 radical (unpaired) electrons. The van der Waals surface area contributed by atoms with Gasteiger partial charge in [0, 0.05) is 10.1 Å². The molecular formula is C22H18FNO4S. The first-order valence-corrected chi connectivity index (χ1v) is 9.88. The summed E-state index contributed by atoms with van der Waals surface area (Å²) in [6.07, 6.45) is -0.400. The standard InChI is InChI=1S/C22H18FNO4S/c1-11(2)27-21(25)18-16(12-6-5-7-13(23)10-12)17-19(28-20(18)24)14-8-3-4-9-15(14)29-22(17)26/h3-11,16H,24H2,1-2H3/t16-/m0/s1. The van der Waals surface area contributed by atoms with Gasteiger partial charge in [-0.3, -0.25) is 4.79 Å². The molecule has 1 aromatic heterocycles. The summed E-state index contributed by atoms with van der Waals surface area (Å²) < 4.78 is 25.6. The average molecular weight is 411 g/mol. The Morgan fingerprint density at radius 1 is 1.21 bits per heavy atom. The number of nitrogens with two attached hydrogens (primary N) is 1. The van der Waals surface area contributed by atoms with Crippen molar-refractivity contribution in [2.45, 2.75) is 25.9 Å². The number of carbonyl (C=O) groups is 1. The largest absolute Gasteiger partial charge is 0.459 e. The maximum atomic E-state index is 14.0. The Balaban J connectivity index is 2.03. The van der Waals surface area contributed by atoms with Gasteiger partial charge in [0.05, 0.1) is 17.6 Å². The van der Waals surface area contributed by atoms with Crippen molar-refractivity contribution in [2.75, 3.05) is 0 Å². The molecule has 0 bridgehead atoms. The van der Waals surface area contributed by atoms with Gasteiger partial charge in [-0.25, -0.2) is 9.18 Å². The Kier molecular flexibility index (Phi) is 4.84. The van der Waals surface area contributed by atoms with Crippen LogP contribution in [0.15, 0.2) is 64.8 Å². The van der Waals surface area contributed by atoms with Crippen LogP contribution in [0.5, 0.6) is 5.75 Å². The zero-order valence-corrected chi connectivity index (χ0v) is 16.6. The van der Waals surface area contributed by atoms with Crippen molar-refractivity contribution in [3.05, 3.63) is 86.5 Å². The van der Waals surface area contributed by atoms with E-state index in [4.69, 9.17) is 15.2 Å². The number of hydrogen-bond donors (Lipinski definition) is 1. The zero-order valence-electron chi connectivity index (χ0n) is 15.8. The second-order valence-electron chi connectivity index (χ2n) is 6.95. The van der Waals surface area contributed by atoms with E-state index in [-0.39, 0.29) is 27.5 Å². The Morgan fingerprint density at radius 2 is 1.97 bits per heavy atom. The van der Waals surface area contributed by atoms with Crippen molar-refractivity contribution in [3.63, 3.8) is 0 Å². The molecule has 1 aliphatic rings. The molecule has 0 spiro atoms. The van der Waals surface area contributed by atoms with E-state index < -0.39 is 23.8 Å². The second kappa shape index (κ2) is 7.33. The molecule has 2 N–H and O–H groups in total. The van der Waals surface area contributed by atoms with Crippen LogP contribution in [0.1, 0.15) is 30.9 Å². The fourth-order valence-electron chi connectivity index (χ4n) is 3.46. The fraction of sp³-hybridized carbons (Fsp3) is 0.182. The molecular weight excluding hydrogens is 393 g/mol. The molecule has 7 heteroatoms. The molecule has 1 aliphatic heterocycles. The molecule has 3 aromatic rings. The topological polar surface area (TPSA) is 78.6 Å². The number of rotatable bonds is 3. The van der Waals surface area contributed by atoms with E-state index >= 15 is 0 Å². The van der Waals surface area contributed by atoms with Crippen molar-refractivity contribution < 1.29 is 18.7 Å². The molecule has 4 rings (SSSR count). The van der Waals surface area contributed by atoms with Gasteiger partial charge in [0.2, 0.25) is 10.6 Å². The summed E-state index contributed by atoms with van der Waals surface area (Å²) in [6.45, 7) is 3.41. The van der Waals surface area contributed by atoms with E-state index in [0.717, 1.165) is 16.0 Å². The minimum absolute atomic E-state index is 0.00335. The molecule has 0 saturated carbocycles. The summed E-state index contributed by atoms with van der Waals surface area (Å²) in [6, 6.07) is 13.0. The van der Waals surface area contributed by atoms with Gasteiger partial charge in [0.15, 0.2) is 0 Å². The Morgan fingerprint density at radius 3 is 2.69 bits per heavy atom. The van der Waals surface area contributed by atoms with Crippen LogP contribution in [0.25, 0.3) is 10.1 Å². The number of ether oxygens (including phenoxy) is 2. The molecule has 0 amide bonds. The molecule has 0 aliphatic carbocycles. The molecule has 2 heterocycles. The minimum atomic E-state index is -0.894. The van der Waals surface area contributed by atoms with Gasteiger partial charge in [0.1, 0.15) is 17.1 Å². The van der Waals surface area contributed by atoms with Crippen LogP contribution in [0, 0.1) is 5.82 Å². The van der Waals surface area contributed by atoms with E-state index in [1.807, 2.05) is 24.3 Å². The molecule has 1 atom stereocenters. The van der Waals surface area contributed by atoms with E-state index in [1.54, 1.807) is 19.9 Å². The first kappa shape index (κ1) is 19.1. The third kappa shape index (κ3) is 3.38. The summed E-state index contributed by atoms with van der Waals surface area (Å²) in [5.74, 6) is -1.94. The quantitative estimate of drug-likeness (QED) is 0.658. The van der Waals surface area contributed by atoms with Gasteiger partial charge in [-0.2, -0.15) is 0 Å². The van der Waals surface area contributed by atoms with Gasteiger partial charge in [0.25, 0.3) is 0 Å². The average Bonchev–Trinajstić information content (AvgIpc) is 2.66. The molecule has 0 unspecified atom stereocenters. The number of fused-ring (bicyclic) bond motifs is 3. The van der Waals surface area contributed by atoms with Crippen LogP contribution in [-0.4, -0.2) is 12.1 Å². The van der Waals surface area contributed by atoms with E-state index in [0.29, 0.717) is 10.9 Å². The van der Waals surface area contributed by atoms with Gasteiger partial charge in [-0.1, -0.05) is 35.6 Å². The van der Waals surface area contributed by atoms with Gasteiger partial charge >= 0.3 is 5.97 Å². The van der Waals surface area contributed by atoms with E-state index in [2.05, 4.69) is 0 Å². The van der Waals surface area contributed by atoms with Crippen molar-refractivity contribution in [2.24, 2.45) is 5.73 Å². The molecule has 0 saturated heterocycles. The molecule has 5 nitrogen and oxygen atoms in total. The van der Waals surface area contributed by atoms with Crippen LogP contribution in [0.2, 0.25) is 0 Å². The van der Waals surface area contributed by atoms with Crippen molar-refractivity contribution in [1.29, 1.82) is 0 Å². The Hall–Kier alpha value is -3.19. The van der Waals surface area contributed by atoms with Crippen LogP contribution >= 0.6 is 11.3 Å². The van der Waals surface area contributed by atoms with E-state index in [9.17, 15) is 14.0 Å². The predicted molar refractivity (Wildman–Crippen MR) is 109 cm³/mol. The van der Waals surface area contributed by atoms with Gasteiger partial charge < -0.3 is 15.2 Å². The highest BCUT2D eigenvalue weighted by molar-refractivity contribution is 7.16. The van der Waals surface area contributed by atoms with Crippen molar-refractivity contribution in [1.82, 2.24) is 0 Å². The Labute approximate surface area is 170 Å². The summed E-state index contributed by atoms with van der Waals surface area (Å²) in [7, 11) is 0. The van der Waals surface area contributed by atoms with Crippen molar-refractivity contribution in [3.8, 4) is 5.75 Å². The predicted octanol–water partition coefficient (Wildman–Crippen LogP) is 4.05. The third-order valence-corrected chi connectivity index (χ3v) is 5.58. The fourth-order valence-corrected chi connectivity index (χ4v) is 4.40. The van der Waals surface area contributed by atoms with Gasteiger partial charge in [-0.15, -0.1) is 0 Å². The third-order valence-electron chi connectivity index (χ3n) is 4.60. The highest BCUT2D eigenvalue weighted by atomic mass is 32.1. The molecule has 148 valence electrons. The summed E-state index contributed by atoms with van der Waals surface area (Å²) >= 11 is 1.04. The van der Waals surface area contributed by atoms with Crippen LogP contribution < -0.4 is 15.2 Å². The lowest BCUT2D eigenvalue weighted by molar-refractivity contribution is -0.143. The number of esters is 1. The first-order chi connectivity index (χ1) is 13.9. The van der Waals surface area contributed by atoms with Crippen LogP contribution in [-0.2, 0) is 9.53 Å². The smallest absolute Gasteiger partial charge is 0.340 e. The second-order valence-corrected chi connectivity index (χ2v) is 7.97. The minimum Gasteiger partial charge on any atom is -0.459 e. The number of halogens is 1. The summed E-state index contributed by atoms with van der Waals surface area (Å²) in [4.78, 5) is 25.9. The first-order valence-electron chi connectivity index (χ1n) is 9.06. The maximum Gasteiger partial charge on any atom is 0.340 e. The molecule has 2 aromatic carbocycles. The highest BCUT2D eigenvalue weighted by Crippen LogP contribution is 2.45. The highest BCUT2D eigenvalue weighted by Gasteiger charge is 2.38. The van der Waals surface area contributed by atoms with E-state index in [1.165, 1.54) is 18.2 Å². The lowest BCUT2D eigenvalue weighted by Gasteiger charge is -2.28. The Bertz CT molecular complexity index is 1210. The number of benzene rings is 2. The zero-order chi connectivity index (χ0) is 20.7. The van der Waals surface area contributed by atoms with Gasteiger partial charge in [-0.05, 0) is 43.7 Å². The molecule has 29 heavy (non-hydrogen) atoms. The molecule has 0 fully saturated rings. The monoisotopic (exact) mass is 411 g/mol. The van der Waals surface area contributed by atoms with Crippen LogP contribution in [0.4, 0.5) is 4.39 Å². The van der Waals surface area contributed by atoms with Crippen LogP contribution in [0.3, 0.4) is 0 Å².